The minimum absolute atomic E-state index is 0.0116. The Bertz CT molecular complexity index is 410. The van der Waals surface area contributed by atoms with Gasteiger partial charge in [-0.05, 0) is 11.0 Å². The van der Waals surface area contributed by atoms with Gasteiger partial charge >= 0.3 is 6.92 Å². The van der Waals surface area contributed by atoms with Gasteiger partial charge in [0.1, 0.15) is 0 Å². The van der Waals surface area contributed by atoms with Gasteiger partial charge < -0.3 is 5.02 Å². The summed E-state index contributed by atoms with van der Waals surface area (Å²) in [6, 6.07) is 5.00. The number of nitro benzene ring substituents is 1. The van der Waals surface area contributed by atoms with E-state index in [0.717, 1.165) is 5.56 Å². The van der Waals surface area contributed by atoms with E-state index in [4.69, 9.17) is 0 Å². The van der Waals surface area contributed by atoms with Crippen LogP contribution in [0.5, 0.6) is 0 Å². The first-order valence-corrected chi connectivity index (χ1v) is 5.20. The first kappa shape index (κ1) is 12.7. The van der Waals surface area contributed by atoms with Crippen LogP contribution in [0.15, 0.2) is 18.2 Å². The molecule has 0 saturated heterocycles. The first-order chi connectivity index (χ1) is 7.23. The second-order valence-corrected chi connectivity index (χ2v) is 4.96. The lowest BCUT2D eigenvalue weighted by Gasteiger charge is -2.19. The molecule has 1 aromatic carbocycles. The quantitative estimate of drug-likeness (QED) is 0.469. The maximum absolute atomic E-state index is 10.9. The van der Waals surface area contributed by atoms with Gasteiger partial charge in [-0.3, -0.25) is 10.1 Å². The van der Waals surface area contributed by atoms with E-state index in [-0.39, 0.29) is 11.1 Å². The summed E-state index contributed by atoms with van der Waals surface area (Å²) in [6.07, 6.45) is 0. The van der Waals surface area contributed by atoms with Gasteiger partial charge in [-0.25, -0.2) is 0 Å². The van der Waals surface area contributed by atoms with Crippen molar-refractivity contribution in [3.05, 3.63) is 33.9 Å². The Morgan fingerprint density at radius 1 is 1.38 bits per heavy atom. The topological polar surface area (TPSA) is 63.4 Å². The summed E-state index contributed by atoms with van der Waals surface area (Å²) in [4.78, 5) is 10.5. The van der Waals surface area contributed by atoms with Crippen LogP contribution in [-0.2, 0) is 5.41 Å². The van der Waals surface area contributed by atoms with E-state index < -0.39 is 11.8 Å². The fraction of sp³-hybridized carbons (Fsp3) is 0.455. The van der Waals surface area contributed by atoms with Crippen molar-refractivity contribution >= 4 is 18.1 Å². The molecule has 5 heteroatoms. The fourth-order valence-electron chi connectivity index (χ4n) is 1.52. The molecule has 0 amide bonds. The van der Waals surface area contributed by atoms with Crippen molar-refractivity contribution in [2.24, 2.45) is 0 Å². The van der Waals surface area contributed by atoms with Crippen molar-refractivity contribution in [1.29, 1.82) is 0 Å². The van der Waals surface area contributed by atoms with E-state index in [2.05, 4.69) is 0 Å². The van der Waals surface area contributed by atoms with Crippen molar-refractivity contribution in [2.75, 3.05) is 0 Å². The molecule has 0 bridgehead atoms. The molecule has 0 aromatic heterocycles. The van der Waals surface area contributed by atoms with E-state index >= 15 is 0 Å². The van der Waals surface area contributed by atoms with Crippen molar-refractivity contribution < 1.29 is 9.95 Å². The summed E-state index contributed by atoms with van der Waals surface area (Å²) < 4.78 is 0. The van der Waals surface area contributed by atoms with Crippen molar-refractivity contribution in [1.82, 2.24) is 0 Å². The summed E-state index contributed by atoms with van der Waals surface area (Å²) >= 11 is 0. The van der Waals surface area contributed by atoms with Gasteiger partial charge in [-0.1, -0.05) is 39.7 Å². The highest BCUT2D eigenvalue weighted by molar-refractivity contribution is 6.66. The highest BCUT2D eigenvalue weighted by Crippen LogP contribution is 2.24. The van der Waals surface area contributed by atoms with Crippen LogP contribution in [0.25, 0.3) is 0 Å². The predicted molar refractivity (Wildman–Crippen MR) is 65.3 cm³/mol. The summed E-state index contributed by atoms with van der Waals surface area (Å²) in [5.74, 6) is 0. The molecule has 0 atom stereocenters. The lowest BCUT2D eigenvalue weighted by molar-refractivity contribution is -0.383. The minimum atomic E-state index is -0.825. The number of hydrogen-bond donors (Lipinski definition) is 1. The standard InChI is InChI=1S/C11H16BNO3/c1-11(2,3)8-5-6-9(12(4)14)10(7-8)13(15)16/h5-7,14H,1-4H3. The molecular formula is C11H16BNO3. The number of nitrogens with zero attached hydrogens (tertiary/aromatic N) is 1. The number of rotatable bonds is 2. The lowest BCUT2D eigenvalue weighted by Crippen LogP contribution is -2.29. The van der Waals surface area contributed by atoms with E-state index in [9.17, 15) is 15.1 Å². The molecule has 1 rings (SSSR count). The third-order valence-electron chi connectivity index (χ3n) is 2.54. The molecule has 1 aromatic rings. The van der Waals surface area contributed by atoms with Gasteiger partial charge in [0.25, 0.3) is 5.69 Å². The molecule has 0 spiro atoms. The number of hydrogen-bond acceptors (Lipinski definition) is 3. The third kappa shape index (κ3) is 2.61. The Kier molecular flexibility index (Phi) is 3.38. The highest BCUT2D eigenvalue weighted by Gasteiger charge is 2.24. The molecule has 0 saturated carbocycles. The summed E-state index contributed by atoms with van der Waals surface area (Å²) in [6.45, 7) is 6.68. The van der Waals surface area contributed by atoms with Gasteiger partial charge in [0.2, 0.25) is 0 Å². The fourth-order valence-corrected chi connectivity index (χ4v) is 1.52. The molecule has 0 heterocycles. The zero-order chi connectivity index (χ0) is 12.5. The van der Waals surface area contributed by atoms with Gasteiger partial charge in [0, 0.05) is 11.5 Å². The van der Waals surface area contributed by atoms with Crippen molar-refractivity contribution in [2.45, 2.75) is 33.0 Å². The Morgan fingerprint density at radius 3 is 2.31 bits per heavy atom. The average molecular weight is 221 g/mol. The predicted octanol–water partition coefficient (Wildman–Crippen LogP) is 1.71. The maximum Gasteiger partial charge on any atom is 0.327 e. The Morgan fingerprint density at radius 2 is 1.94 bits per heavy atom. The number of benzene rings is 1. The lowest BCUT2D eigenvalue weighted by atomic mass is 9.63. The molecule has 16 heavy (non-hydrogen) atoms. The van der Waals surface area contributed by atoms with Crippen LogP contribution in [0.2, 0.25) is 6.82 Å². The van der Waals surface area contributed by atoms with E-state index in [0.29, 0.717) is 5.46 Å². The minimum Gasteiger partial charge on any atom is -0.446 e. The Hall–Kier alpha value is -1.36. The van der Waals surface area contributed by atoms with Gasteiger partial charge in [0.15, 0.2) is 0 Å². The van der Waals surface area contributed by atoms with E-state index in [1.165, 1.54) is 6.82 Å². The van der Waals surface area contributed by atoms with E-state index in [1.54, 1.807) is 12.1 Å². The van der Waals surface area contributed by atoms with E-state index in [1.807, 2.05) is 26.8 Å². The molecule has 86 valence electrons. The van der Waals surface area contributed by atoms with Crippen LogP contribution >= 0.6 is 0 Å². The second-order valence-electron chi connectivity index (χ2n) is 4.96. The first-order valence-electron chi connectivity index (χ1n) is 5.20. The molecular weight excluding hydrogens is 205 g/mol. The summed E-state index contributed by atoms with van der Waals surface area (Å²) in [5, 5.41) is 20.3. The molecule has 1 N–H and O–H groups in total. The Labute approximate surface area is 95.6 Å². The molecule has 0 unspecified atom stereocenters. The van der Waals surface area contributed by atoms with Crippen LogP contribution in [0.4, 0.5) is 5.69 Å². The summed E-state index contributed by atoms with van der Waals surface area (Å²) in [7, 11) is 0. The Balaban J connectivity index is 3.34. The molecule has 0 fully saturated rings. The van der Waals surface area contributed by atoms with Crippen LogP contribution in [-0.4, -0.2) is 16.9 Å². The van der Waals surface area contributed by atoms with Gasteiger partial charge in [0.05, 0.1) is 4.92 Å². The molecule has 0 radical (unpaired) electrons. The van der Waals surface area contributed by atoms with Crippen LogP contribution < -0.4 is 5.46 Å². The largest absolute Gasteiger partial charge is 0.446 e. The molecule has 4 nitrogen and oxygen atoms in total. The monoisotopic (exact) mass is 221 g/mol. The zero-order valence-corrected chi connectivity index (χ0v) is 10.0. The second kappa shape index (κ2) is 4.25. The molecule has 0 aliphatic rings. The zero-order valence-electron chi connectivity index (χ0n) is 10.0. The normalized spacial score (nSPS) is 11.3. The average Bonchev–Trinajstić information content (AvgIpc) is 2.15. The summed E-state index contributed by atoms with van der Waals surface area (Å²) in [5.41, 5.74) is 1.10. The van der Waals surface area contributed by atoms with Crippen molar-refractivity contribution in [3.63, 3.8) is 0 Å². The van der Waals surface area contributed by atoms with Gasteiger partial charge in [-0.2, -0.15) is 0 Å². The third-order valence-corrected chi connectivity index (χ3v) is 2.54. The number of nitro groups is 1. The highest BCUT2D eigenvalue weighted by atomic mass is 16.6. The van der Waals surface area contributed by atoms with Gasteiger partial charge in [-0.15, -0.1) is 0 Å². The van der Waals surface area contributed by atoms with Crippen LogP contribution in [0.3, 0.4) is 0 Å². The maximum atomic E-state index is 10.9. The van der Waals surface area contributed by atoms with Crippen LogP contribution in [0, 0.1) is 10.1 Å². The molecule has 0 aliphatic carbocycles. The van der Waals surface area contributed by atoms with Crippen LogP contribution in [0.1, 0.15) is 26.3 Å². The molecule has 0 aliphatic heterocycles. The SMILES string of the molecule is CB(O)c1ccc(C(C)(C)C)cc1[N+](=O)[O-]. The van der Waals surface area contributed by atoms with Crippen molar-refractivity contribution in [3.8, 4) is 0 Å². The smallest absolute Gasteiger partial charge is 0.327 e.